The zero-order valence-corrected chi connectivity index (χ0v) is 22.5. The molecule has 4 N–H and O–H groups in total. The second kappa shape index (κ2) is 9.74. The van der Waals surface area contributed by atoms with Crippen LogP contribution >= 0.6 is 0 Å². The van der Waals surface area contributed by atoms with Gasteiger partial charge in [0.15, 0.2) is 17.3 Å². The first kappa shape index (κ1) is 29.8. The predicted molar refractivity (Wildman–Crippen MR) is 128 cm³/mol. The average Bonchev–Trinajstić information content (AvgIpc) is 2.92. The SMILES string of the molecule is CC(=O)O[C@@H]1[C@H]2[C@](C)(O)[C@H](O)C=C[C@]2(C)[C@@H](OC(C)=O)[C@H](OC(C)=O)C/C(C)=C\[C@@H]2OC(=O)[C@@](C)(O)[C@]21O. The lowest BCUT2D eigenvalue weighted by molar-refractivity contribution is -0.261. The van der Waals surface area contributed by atoms with Gasteiger partial charge < -0.3 is 39.4 Å². The lowest BCUT2D eigenvalue weighted by atomic mass is 9.54. The number of fused-ring (bicyclic) bond motifs is 2. The van der Waals surface area contributed by atoms with Gasteiger partial charge in [-0.2, -0.15) is 0 Å². The van der Waals surface area contributed by atoms with Crippen LogP contribution in [0.5, 0.6) is 0 Å². The van der Waals surface area contributed by atoms with Crippen LogP contribution in [0, 0.1) is 11.3 Å². The van der Waals surface area contributed by atoms with Crippen LogP contribution in [0.4, 0.5) is 0 Å². The van der Waals surface area contributed by atoms with Crippen LogP contribution in [0.2, 0.25) is 0 Å². The zero-order valence-electron chi connectivity index (χ0n) is 22.5. The summed E-state index contributed by atoms with van der Waals surface area (Å²) in [6.07, 6.45) is -3.71. The quantitative estimate of drug-likeness (QED) is 0.211. The molecule has 0 unspecified atom stereocenters. The molecule has 0 radical (unpaired) electrons. The van der Waals surface area contributed by atoms with Crippen LogP contribution in [-0.2, 0) is 38.1 Å². The fourth-order valence-corrected chi connectivity index (χ4v) is 6.12. The first-order valence-corrected chi connectivity index (χ1v) is 12.2. The highest BCUT2D eigenvalue weighted by Crippen LogP contribution is 2.55. The molecule has 0 aromatic carbocycles. The summed E-state index contributed by atoms with van der Waals surface area (Å²) in [6, 6.07) is 0. The van der Waals surface area contributed by atoms with Crippen molar-refractivity contribution in [2.24, 2.45) is 11.3 Å². The minimum absolute atomic E-state index is 0.0666. The largest absolute Gasteiger partial charge is 0.459 e. The summed E-state index contributed by atoms with van der Waals surface area (Å²) >= 11 is 0. The van der Waals surface area contributed by atoms with Gasteiger partial charge in [0.05, 0.1) is 5.60 Å². The fourth-order valence-electron chi connectivity index (χ4n) is 6.12. The topological polar surface area (TPSA) is 186 Å². The van der Waals surface area contributed by atoms with Crippen molar-refractivity contribution in [3.8, 4) is 0 Å². The van der Waals surface area contributed by atoms with Gasteiger partial charge in [0.25, 0.3) is 0 Å². The highest BCUT2D eigenvalue weighted by molar-refractivity contribution is 5.84. The lowest BCUT2D eigenvalue weighted by Crippen LogP contribution is -2.73. The number of esters is 4. The molecule has 2 aliphatic carbocycles. The molecule has 0 spiro atoms. The summed E-state index contributed by atoms with van der Waals surface area (Å²) < 4.78 is 22.2. The fraction of sp³-hybridized carbons (Fsp3) is 0.692. The van der Waals surface area contributed by atoms with E-state index in [0.717, 1.165) is 27.7 Å². The number of hydrogen-bond donors (Lipinski definition) is 4. The molecule has 0 bridgehead atoms. The molecule has 1 fully saturated rings. The van der Waals surface area contributed by atoms with Gasteiger partial charge in [0, 0.05) is 38.5 Å². The van der Waals surface area contributed by atoms with Crippen molar-refractivity contribution in [1.82, 2.24) is 0 Å². The van der Waals surface area contributed by atoms with Crippen LogP contribution in [0.3, 0.4) is 0 Å². The molecule has 12 nitrogen and oxygen atoms in total. The summed E-state index contributed by atoms with van der Waals surface area (Å²) in [7, 11) is 0. The van der Waals surface area contributed by atoms with Crippen molar-refractivity contribution in [1.29, 1.82) is 0 Å². The average molecular weight is 541 g/mol. The van der Waals surface area contributed by atoms with E-state index in [1.807, 2.05) is 0 Å². The maximum absolute atomic E-state index is 12.8. The third kappa shape index (κ3) is 4.63. The van der Waals surface area contributed by atoms with E-state index in [-0.39, 0.29) is 6.42 Å². The van der Waals surface area contributed by atoms with Gasteiger partial charge in [-0.1, -0.05) is 24.6 Å². The smallest absolute Gasteiger partial charge is 0.341 e. The highest BCUT2D eigenvalue weighted by atomic mass is 16.6. The van der Waals surface area contributed by atoms with Crippen molar-refractivity contribution in [2.75, 3.05) is 0 Å². The molecule has 3 aliphatic rings. The summed E-state index contributed by atoms with van der Waals surface area (Å²) in [5.74, 6) is -5.20. The second-order valence-electron chi connectivity index (χ2n) is 11.0. The number of aliphatic hydroxyl groups is 4. The molecular formula is C26H36O12. The zero-order chi connectivity index (χ0) is 29.0. The van der Waals surface area contributed by atoms with Gasteiger partial charge in [-0.05, 0) is 26.8 Å². The minimum Gasteiger partial charge on any atom is -0.459 e. The first-order chi connectivity index (χ1) is 17.3. The molecule has 10 atom stereocenters. The Kier molecular flexibility index (Phi) is 7.63. The maximum Gasteiger partial charge on any atom is 0.341 e. The van der Waals surface area contributed by atoms with Gasteiger partial charge in [-0.25, -0.2) is 4.79 Å². The predicted octanol–water partition coefficient (Wildman–Crippen LogP) is -0.157. The Morgan fingerprint density at radius 2 is 1.47 bits per heavy atom. The van der Waals surface area contributed by atoms with Crippen molar-refractivity contribution >= 4 is 23.9 Å². The third-order valence-electron chi connectivity index (χ3n) is 7.93. The van der Waals surface area contributed by atoms with Crippen molar-refractivity contribution < 1.29 is 58.6 Å². The van der Waals surface area contributed by atoms with E-state index >= 15 is 0 Å². The Labute approximate surface area is 220 Å². The molecule has 1 aliphatic heterocycles. The summed E-state index contributed by atoms with van der Waals surface area (Å²) in [6.45, 7) is 8.61. The van der Waals surface area contributed by atoms with Crippen LogP contribution in [-0.4, -0.2) is 91.6 Å². The van der Waals surface area contributed by atoms with Crippen LogP contribution in [0.1, 0.15) is 54.9 Å². The molecule has 1 saturated heterocycles. The van der Waals surface area contributed by atoms with E-state index < -0.39 is 82.5 Å². The molecular weight excluding hydrogens is 504 g/mol. The molecule has 1 heterocycles. The van der Waals surface area contributed by atoms with Crippen LogP contribution in [0.25, 0.3) is 0 Å². The van der Waals surface area contributed by atoms with Crippen molar-refractivity contribution in [3.05, 3.63) is 23.8 Å². The Morgan fingerprint density at radius 3 is 2.00 bits per heavy atom. The third-order valence-corrected chi connectivity index (χ3v) is 7.93. The van der Waals surface area contributed by atoms with Gasteiger partial charge in [0.1, 0.15) is 24.4 Å². The van der Waals surface area contributed by atoms with Crippen LogP contribution in [0.15, 0.2) is 23.8 Å². The van der Waals surface area contributed by atoms with Crippen molar-refractivity contribution in [2.45, 2.75) is 102 Å². The number of carbonyl (C=O) groups excluding carboxylic acids is 4. The lowest BCUT2D eigenvalue weighted by Gasteiger charge is -2.57. The van der Waals surface area contributed by atoms with Crippen molar-refractivity contribution in [3.63, 3.8) is 0 Å². The summed E-state index contributed by atoms with van der Waals surface area (Å²) in [4.78, 5) is 49.7. The molecule has 0 aromatic heterocycles. The number of ether oxygens (including phenoxy) is 4. The first-order valence-electron chi connectivity index (χ1n) is 12.2. The normalized spacial score (nSPS) is 46.0. The van der Waals surface area contributed by atoms with E-state index in [1.54, 1.807) is 6.92 Å². The number of carbonyl (C=O) groups is 4. The Bertz CT molecular complexity index is 1070. The Balaban J connectivity index is 2.47. The molecule has 38 heavy (non-hydrogen) atoms. The van der Waals surface area contributed by atoms with E-state index in [2.05, 4.69) is 0 Å². The monoisotopic (exact) mass is 540 g/mol. The highest BCUT2D eigenvalue weighted by Gasteiger charge is 2.74. The minimum atomic E-state index is -2.69. The molecule has 3 rings (SSSR count). The van der Waals surface area contributed by atoms with Gasteiger partial charge in [-0.3, -0.25) is 14.4 Å². The van der Waals surface area contributed by atoms with Gasteiger partial charge in [0.2, 0.25) is 0 Å². The van der Waals surface area contributed by atoms with Gasteiger partial charge in [-0.15, -0.1) is 0 Å². The van der Waals surface area contributed by atoms with E-state index in [0.29, 0.717) is 5.57 Å². The van der Waals surface area contributed by atoms with Crippen LogP contribution < -0.4 is 0 Å². The summed E-state index contributed by atoms with van der Waals surface area (Å²) in [5, 5.41) is 46.0. The molecule has 12 heteroatoms. The summed E-state index contributed by atoms with van der Waals surface area (Å²) in [5.41, 5.74) is -8.77. The maximum atomic E-state index is 12.8. The Hall–Kier alpha value is -2.80. The standard InChI is InChI=1S/C26H36O12/c1-12-10-16(35-13(2)27)20(36-14(3)28)23(5)9-8-17(30)24(6,32)19(23)21(37-15(4)29)26(34)18(11-12)38-22(31)25(26,7)33/h8-9,11,16-21,30,32-34H,10H2,1-7H3/b12-11-/t16-,17-,18+,19-,20+,21-,23+,24-,25-,26+/m1/s1. The number of rotatable bonds is 3. The number of hydrogen-bond acceptors (Lipinski definition) is 12. The van der Waals surface area contributed by atoms with E-state index in [1.165, 1.54) is 32.1 Å². The van der Waals surface area contributed by atoms with E-state index in [9.17, 15) is 39.6 Å². The van der Waals surface area contributed by atoms with Gasteiger partial charge >= 0.3 is 23.9 Å². The molecule has 0 amide bonds. The molecule has 0 aromatic rings. The molecule has 0 saturated carbocycles. The Morgan fingerprint density at radius 1 is 0.947 bits per heavy atom. The second-order valence-corrected chi connectivity index (χ2v) is 11.0. The molecule has 212 valence electrons. The number of aliphatic hydroxyl groups excluding tert-OH is 1. The van der Waals surface area contributed by atoms with E-state index in [4.69, 9.17) is 18.9 Å².